The molecule has 1 saturated carbocycles. The number of benzene rings is 2. The van der Waals surface area contributed by atoms with Crippen molar-refractivity contribution >= 4 is 15.9 Å². The smallest absolute Gasteiger partial charge is 0.267 e. The summed E-state index contributed by atoms with van der Waals surface area (Å²) in [6.45, 7) is 2.35. The van der Waals surface area contributed by atoms with Gasteiger partial charge >= 0.3 is 0 Å². The summed E-state index contributed by atoms with van der Waals surface area (Å²) in [5.41, 5.74) is 3.59. The van der Waals surface area contributed by atoms with Crippen molar-refractivity contribution in [3.63, 3.8) is 0 Å². The lowest BCUT2D eigenvalue weighted by Gasteiger charge is -2.33. The number of piperidine rings is 1. The van der Waals surface area contributed by atoms with Crippen LogP contribution in [0.4, 0.5) is 4.39 Å². The predicted molar refractivity (Wildman–Crippen MR) is 138 cm³/mol. The Bertz CT molecular complexity index is 1400. The van der Waals surface area contributed by atoms with E-state index in [9.17, 15) is 17.6 Å². The first-order valence-electron chi connectivity index (χ1n) is 12.5. The third-order valence-corrected chi connectivity index (χ3v) is 7.38. The minimum Gasteiger partial charge on any atom is -0.489 e. The average Bonchev–Trinajstić information content (AvgIpc) is 3.62. The van der Waals surface area contributed by atoms with E-state index in [0.29, 0.717) is 12.3 Å². The van der Waals surface area contributed by atoms with Crippen LogP contribution in [0, 0.1) is 5.82 Å². The van der Waals surface area contributed by atoms with Crippen molar-refractivity contribution < 1.29 is 22.3 Å². The van der Waals surface area contributed by atoms with Crippen molar-refractivity contribution in [3.8, 4) is 17.0 Å². The number of carbonyl (C=O) groups excluding carboxylic acids is 1. The van der Waals surface area contributed by atoms with Crippen molar-refractivity contribution in [2.75, 3.05) is 19.3 Å². The molecule has 10 heteroatoms. The fourth-order valence-electron chi connectivity index (χ4n) is 4.85. The van der Waals surface area contributed by atoms with Crippen LogP contribution in [0.3, 0.4) is 0 Å². The number of ether oxygens (including phenoxy) is 1. The van der Waals surface area contributed by atoms with Gasteiger partial charge in [-0.15, -0.1) is 0 Å². The van der Waals surface area contributed by atoms with Crippen molar-refractivity contribution in [1.29, 1.82) is 0 Å². The molecule has 1 N–H and O–H groups in total. The second-order valence-electron chi connectivity index (χ2n) is 9.98. The maximum absolute atomic E-state index is 14.9. The predicted octanol–water partition coefficient (Wildman–Crippen LogP) is 3.84. The highest BCUT2D eigenvalue weighted by atomic mass is 32.2. The Morgan fingerprint density at radius 1 is 1.16 bits per heavy atom. The Kier molecular flexibility index (Phi) is 7.04. The molecule has 196 valence electrons. The van der Waals surface area contributed by atoms with Crippen molar-refractivity contribution in [2.45, 2.75) is 44.2 Å². The number of aromatic nitrogens is 2. The number of amides is 1. The second-order valence-corrected chi connectivity index (χ2v) is 11.7. The van der Waals surface area contributed by atoms with Crippen LogP contribution in [0.5, 0.6) is 5.75 Å². The molecular weight excluding hydrogens is 495 g/mol. The van der Waals surface area contributed by atoms with E-state index in [0.717, 1.165) is 67.5 Å². The molecule has 1 aliphatic carbocycles. The van der Waals surface area contributed by atoms with Crippen LogP contribution in [-0.2, 0) is 23.6 Å². The van der Waals surface area contributed by atoms with E-state index in [2.05, 4.69) is 16.1 Å². The topological polar surface area (TPSA) is 93.5 Å². The first-order valence-corrected chi connectivity index (χ1v) is 14.4. The molecule has 1 aromatic heterocycles. The van der Waals surface area contributed by atoms with Gasteiger partial charge in [-0.1, -0.05) is 30.3 Å². The molecule has 1 aliphatic heterocycles. The van der Waals surface area contributed by atoms with Crippen LogP contribution in [-0.4, -0.2) is 54.5 Å². The molecule has 2 aliphatic rings. The standard InChI is InChI=1S/C27H31FN4O4S/c1-31-20(13-25(29-31)19-7-4-3-5-8-19)16-32-12-6-9-21(17-32)36-26-15-24(28)23(14-22(26)18-10-11-18)27(33)30-37(2,34)35/h3-5,7-8,13-15,18,21H,6,9-12,16-17H2,1-2H3,(H,30,33). The maximum Gasteiger partial charge on any atom is 0.267 e. The lowest BCUT2D eigenvalue weighted by atomic mass is 10.0. The summed E-state index contributed by atoms with van der Waals surface area (Å²) in [5.74, 6) is -1.14. The lowest BCUT2D eigenvalue weighted by molar-refractivity contribution is 0.0818. The zero-order chi connectivity index (χ0) is 26.2. The molecule has 2 heterocycles. The molecule has 0 spiro atoms. The molecule has 0 radical (unpaired) electrons. The maximum atomic E-state index is 14.9. The van der Waals surface area contributed by atoms with Gasteiger partial charge in [0.15, 0.2) is 0 Å². The number of likely N-dealkylation sites (tertiary alicyclic amines) is 1. The number of halogens is 1. The average molecular weight is 527 g/mol. The molecular formula is C27H31FN4O4S. The molecule has 2 aromatic carbocycles. The Balaban J connectivity index is 1.29. The number of hydrogen-bond donors (Lipinski definition) is 1. The highest BCUT2D eigenvalue weighted by Crippen LogP contribution is 2.45. The van der Waals surface area contributed by atoms with Gasteiger partial charge in [0.25, 0.3) is 5.91 Å². The second kappa shape index (κ2) is 10.3. The minimum absolute atomic E-state index is 0.122. The monoisotopic (exact) mass is 526 g/mol. The van der Waals surface area contributed by atoms with Gasteiger partial charge in [0.2, 0.25) is 10.0 Å². The molecule has 1 atom stereocenters. The SMILES string of the molecule is Cn1nc(-c2ccccc2)cc1CN1CCCC(Oc2cc(F)c(C(=O)NS(C)(=O)=O)cc2C2CC2)C1. The van der Waals surface area contributed by atoms with Gasteiger partial charge < -0.3 is 4.74 Å². The summed E-state index contributed by atoms with van der Waals surface area (Å²) in [4.78, 5) is 14.6. The van der Waals surface area contributed by atoms with E-state index < -0.39 is 21.7 Å². The van der Waals surface area contributed by atoms with E-state index in [4.69, 9.17) is 4.74 Å². The van der Waals surface area contributed by atoms with Crippen LogP contribution in [0.2, 0.25) is 0 Å². The highest BCUT2D eigenvalue weighted by Gasteiger charge is 2.31. The molecule has 37 heavy (non-hydrogen) atoms. The number of nitrogens with one attached hydrogen (secondary N) is 1. The quantitative estimate of drug-likeness (QED) is 0.480. The molecule has 1 unspecified atom stereocenters. The molecule has 0 bridgehead atoms. The van der Waals surface area contributed by atoms with Gasteiger partial charge in [-0.3, -0.25) is 14.4 Å². The number of nitrogens with zero attached hydrogens (tertiary/aromatic N) is 3. The van der Waals surface area contributed by atoms with Crippen LogP contribution >= 0.6 is 0 Å². The fraction of sp³-hybridized carbons (Fsp3) is 0.407. The summed E-state index contributed by atoms with van der Waals surface area (Å²) in [5, 5.41) is 4.67. The largest absolute Gasteiger partial charge is 0.489 e. The molecule has 8 nitrogen and oxygen atoms in total. The Morgan fingerprint density at radius 3 is 2.62 bits per heavy atom. The van der Waals surface area contributed by atoms with Gasteiger partial charge in [0.05, 0.1) is 23.2 Å². The van der Waals surface area contributed by atoms with Crippen LogP contribution < -0.4 is 9.46 Å². The molecule has 3 aromatic rings. The summed E-state index contributed by atoms with van der Waals surface area (Å²) < 4.78 is 47.9. The zero-order valence-electron chi connectivity index (χ0n) is 21.0. The summed E-state index contributed by atoms with van der Waals surface area (Å²) in [7, 11) is -1.85. The zero-order valence-corrected chi connectivity index (χ0v) is 21.8. The number of rotatable bonds is 8. The molecule has 2 fully saturated rings. The number of carbonyl (C=O) groups is 1. The van der Waals surface area contributed by atoms with Gasteiger partial charge in [-0.25, -0.2) is 17.5 Å². The van der Waals surface area contributed by atoms with Crippen LogP contribution in [0.25, 0.3) is 11.3 Å². The highest BCUT2D eigenvalue weighted by molar-refractivity contribution is 7.89. The van der Waals surface area contributed by atoms with Crippen molar-refractivity contribution in [3.05, 3.63) is 71.2 Å². The van der Waals surface area contributed by atoms with Gasteiger partial charge in [-0.2, -0.15) is 5.10 Å². The normalized spacial score (nSPS) is 18.5. The van der Waals surface area contributed by atoms with E-state index in [1.165, 1.54) is 12.1 Å². The fourth-order valence-corrected chi connectivity index (χ4v) is 5.30. The van der Waals surface area contributed by atoms with Gasteiger partial charge in [0, 0.05) is 31.8 Å². The van der Waals surface area contributed by atoms with E-state index in [1.54, 1.807) is 0 Å². The summed E-state index contributed by atoms with van der Waals surface area (Å²) in [6.07, 6.45) is 4.39. The van der Waals surface area contributed by atoms with Gasteiger partial charge in [-0.05, 0) is 55.8 Å². The Morgan fingerprint density at radius 2 is 1.92 bits per heavy atom. The van der Waals surface area contributed by atoms with E-state index in [-0.39, 0.29) is 17.6 Å². The number of sulfonamides is 1. The third kappa shape index (κ3) is 6.19. The van der Waals surface area contributed by atoms with Crippen LogP contribution in [0.15, 0.2) is 48.5 Å². The molecule has 1 amide bonds. The van der Waals surface area contributed by atoms with E-state index >= 15 is 0 Å². The van der Waals surface area contributed by atoms with Crippen LogP contribution in [0.1, 0.15) is 53.2 Å². The summed E-state index contributed by atoms with van der Waals surface area (Å²) in [6, 6.07) is 14.9. The molecule has 1 saturated heterocycles. The van der Waals surface area contributed by atoms with Crippen molar-refractivity contribution in [1.82, 2.24) is 19.4 Å². The molecule has 5 rings (SSSR count). The lowest BCUT2D eigenvalue weighted by Crippen LogP contribution is -2.41. The first-order chi connectivity index (χ1) is 17.7. The third-order valence-electron chi connectivity index (χ3n) is 6.83. The Labute approximate surface area is 216 Å². The number of hydrogen-bond acceptors (Lipinski definition) is 6. The van der Waals surface area contributed by atoms with E-state index in [1.807, 2.05) is 46.8 Å². The Hall–Kier alpha value is -3.24. The van der Waals surface area contributed by atoms with Crippen molar-refractivity contribution in [2.24, 2.45) is 7.05 Å². The van der Waals surface area contributed by atoms with Gasteiger partial charge in [0.1, 0.15) is 17.7 Å². The number of aryl methyl sites for hydroxylation is 1. The first kappa shape index (κ1) is 25.4. The minimum atomic E-state index is -3.80. The summed E-state index contributed by atoms with van der Waals surface area (Å²) >= 11 is 0.